The fourth-order valence-corrected chi connectivity index (χ4v) is 5.22. The maximum absolute atomic E-state index is 13.2. The second-order valence-electron chi connectivity index (χ2n) is 9.24. The molecule has 1 aliphatic rings. The summed E-state index contributed by atoms with van der Waals surface area (Å²) in [5.74, 6) is -0.698. The third-order valence-electron chi connectivity index (χ3n) is 6.16. The van der Waals surface area contributed by atoms with Crippen LogP contribution in [0.3, 0.4) is 0 Å². The van der Waals surface area contributed by atoms with E-state index in [4.69, 9.17) is 9.73 Å². The first kappa shape index (κ1) is 28.4. The molecule has 1 atom stereocenters. The standard InChI is InChI=1S/C29H37N3O4S/c1-5-7-8-9-10-17-32-26(33)19-25(27(34)31-24-16-11-20(3)18-21(24)4)37-29(32)30-23-14-12-22(13-15-23)28(35)36-6-2/h11-16,18,25H,5-10,17,19H2,1-4H3,(H,31,34). The summed E-state index contributed by atoms with van der Waals surface area (Å²) in [4.78, 5) is 44.8. The molecule has 2 amide bonds. The van der Waals surface area contributed by atoms with Gasteiger partial charge in [0.25, 0.3) is 0 Å². The van der Waals surface area contributed by atoms with Gasteiger partial charge in [-0.25, -0.2) is 9.79 Å². The Morgan fingerprint density at radius 2 is 1.78 bits per heavy atom. The summed E-state index contributed by atoms with van der Waals surface area (Å²) >= 11 is 1.31. The zero-order valence-corrected chi connectivity index (χ0v) is 23.0. The summed E-state index contributed by atoms with van der Waals surface area (Å²) in [7, 11) is 0. The van der Waals surface area contributed by atoms with E-state index in [1.54, 1.807) is 36.1 Å². The van der Waals surface area contributed by atoms with Gasteiger partial charge in [-0.15, -0.1) is 0 Å². The van der Waals surface area contributed by atoms with Crippen molar-refractivity contribution in [3.63, 3.8) is 0 Å². The predicted molar refractivity (Wildman–Crippen MR) is 151 cm³/mol. The molecule has 0 radical (unpaired) electrons. The Morgan fingerprint density at radius 3 is 2.46 bits per heavy atom. The zero-order valence-electron chi connectivity index (χ0n) is 22.2. The molecule has 2 aromatic carbocycles. The molecule has 37 heavy (non-hydrogen) atoms. The molecule has 1 N–H and O–H groups in total. The van der Waals surface area contributed by atoms with Gasteiger partial charge in [0.2, 0.25) is 11.8 Å². The van der Waals surface area contributed by atoms with Crippen molar-refractivity contribution in [3.05, 3.63) is 59.2 Å². The largest absolute Gasteiger partial charge is 0.462 e. The molecular formula is C29H37N3O4S. The van der Waals surface area contributed by atoms with E-state index in [0.717, 1.165) is 42.5 Å². The summed E-state index contributed by atoms with van der Waals surface area (Å²) in [5, 5.41) is 2.92. The van der Waals surface area contributed by atoms with Gasteiger partial charge in [-0.1, -0.05) is 62.1 Å². The summed E-state index contributed by atoms with van der Waals surface area (Å²) < 4.78 is 5.05. The number of hydrogen-bond acceptors (Lipinski definition) is 6. The van der Waals surface area contributed by atoms with E-state index >= 15 is 0 Å². The Labute approximate surface area is 224 Å². The van der Waals surface area contributed by atoms with Crippen molar-refractivity contribution in [2.45, 2.75) is 71.5 Å². The number of anilines is 1. The lowest BCUT2D eigenvalue weighted by atomic mass is 10.1. The Morgan fingerprint density at radius 1 is 1.05 bits per heavy atom. The number of unbranched alkanes of at least 4 members (excludes halogenated alkanes) is 4. The molecule has 1 heterocycles. The highest BCUT2D eigenvalue weighted by Gasteiger charge is 2.35. The van der Waals surface area contributed by atoms with Gasteiger partial charge in [-0.2, -0.15) is 0 Å². The van der Waals surface area contributed by atoms with E-state index in [9.17, 15) is 14.4 Å². The molecule has 0 aromatic heterocycles. The molecule has 1 fully saturated rings. The number of aryl methyl sites for hydroxylation is 2. The van der Waals surface area contributed by atoms with E-state index < -0.39 is 5.25 Å². The number of ether oxygens (including phenoxy) is 1. The lowest BCUT2D eigenvalue weighted by molar-refractivity contribution is -0.129. The number of thioether (sulfide) groups is 1. The van der Waals surface area contributed by atoms with Crippen LogP contribution in [0, 0.1) is 13.8 Å². The number of amides is 2. The van der Waals surface area contributed by atoms with Gasteiger partial charge in [0.15, 0.2) is 5.17 Å². The Balaban J connectivity index is 1.79. The molecule has 1 aliphatic heterocycles. The SMILES string of the molecule is CCCCCCCN1C(=O)CC(C(=O)Nc2ccc(C)cc2C)SC1=Nc1ccc(C(=O)OCC)cc1. The fourth-order valence-electron chi connectivity index (χ4n) is 4.10. The van der Waals surface area contributed by atoms with Gasteiger partial charge in [0.05, 0.1) is 17.9 Å². The number of nitrogens with one attached hydrogen (secondary N) is 1. The van der Waals surface area contributed by atoms with Crippen LogP contribution in [-0.4, -0.2) is 46.3 Å². The lowest BCUT2D eigenvalue weighted by Gasteiger charge is -2.32. The highest BCUT2D eigenvalue weighted by Crippen LogP contribution is 2.31. The summed E-state index contributed by atoms with van der Waals surface area (Å²) in [6, 6.07) is 12.6. The van der Waals surface area contributed by atoms with Crippen molar-refractivity contribution in [1.29, 1.82) is 0 Å². The fraction of sp³-hybridized carbons (Fsp3) is 0.448. The smallest absolute Gasteiger partial charge is 0.338 e. The minimum Gasteiger partial charge on any atom is -0.462 e. The average Bonchev–Trinajstić information content (AvgIpc) is 2.87. The first-order valence-electron chi connectivity index (χ1n) is 13.0. The quantitative estimate of drug-likeness (QED) is 0.272. The number of esters is 1. The molecule has 3 rings (SSSR count). The Bertz CT molecular complexity index is 1130. The molecule has 198 valence electrons. The molecule has 1 saturated heterocycles. The van der Waals surface area contributed by atoms with Gasteiger partial charge < -0.3 is 10.1 Å². The van der Waals surface area contributed by atoms with Crippen LogP contribution in [0.15, 0.2) is 47.5 Å². The van der Waals surface area contributed by atoms with Crippen LogP contribution in [0.25, 0.3) is 0 Å². The first-order chi connectivity index (χ1) is 17.8. The van der Waals surface area contributed by atoms with E-state index in [1.807, 2.05) is 32.0 Å². The monoisotopic (exact) mass is 523 g/mol. The van der Waals surface area contributed by atoms with E-state index in [2.05, 4.69) is 12.2 Å². The number of hydrogen-bond donors (Lipinski definition) is 1. The highest BCUT2D eigenvalue weighted by atomic mass is 32.2. The average molecular weight is 524 g/mol. The number of carbonyl (C=O) groups is 3. The molecule has 1 unspecified atom stereocenters. The third-order valence-corrected chi connectivity index (χ3v) is 7.35. The first-order valence-corrected chi connectivity index (χ1v) is 13.9. The normalized spacial score (nSPS) is 16.6. The second kappa shape index (κ2) is 14.0. The maximum Gasteiger partial charge on any atom is 0.338 e. The number of aliphatic imine (C=N–C) groups is 1. The van der Waals surface area contributed by atoms with Gasteiger partial charge in [0.1, 0.15) is 5.25 Å². The van der Waals surface area contributed by atoms with Gasteiger partial charge >= 0.3 is 5.97 Å². The highest BCUT2D eigenvalue weighted by molar-refractivity contribution is 8.15. The van der Waals surface area contributed by atoms with Crippen LogP contribution >= 0.6 is 11.8 Å². The predicted octanol–water partition coefficient (Wildman–Crippen LogP) is 6.41. The van der Waals surface area contributed by atoms with Gasteiger partial charge in [0, 0.05) is 18.7 Å². The number of nitrogens with zero attached hydrogens (tertiary/aromatic N) is 2. The van der Waals surface area contributed by atoms with Crippen molar-refractivity contribution in [2.75, 3.05) is 18.5 Å². The summed E-state index contributed by atoms with van der Waals surface area (Å²) in [6.07, 6.45) is 5.51. The van der Waals surface area contributed by atoms with E-state index in [-0.39, 0.29) is 24.2 Å². The maximum atomic E-state index is 13.2. The lowest BCUT2D eigenvalue weighted by Crippen LogP contribution is -2.45. The van der Waals surface area contributed by atoms with Crippen LogP contribution in [0.4, 0.5) is 11.4 Å². The molecule has 0 bridgehead atoms. The minimum atomic E-state index is -0.581. The van der Waals surface area contributed by atoms with Gasteiger partial charge in [-0.3, -0.25) is 14.5 Å². The molecule has 8 heteroatoms. The number of benzene rings is 2. The number of carbonyl (C=O) groups excluding carboxylic acids is 3. The Hall–Kier alpha value is -3.13. The number of amidine groups is 1. The minimum absolute atomic E-state index is 0.100. The van der Waals surface area contributed by atoms with Crippen LogP contribution in [0.5, 0.6) is 0 Å². The molecule has 0 aliphatic carbocycles. The zero-order chi connectivity index (χ0) is 26.8. The van der Waals surface area contributed by atoms with Crippen LogP contribution < -0.4 is 5.32 Å². The van der Waals surface area contributed by atoms with Gasteiger partial charge in [-0.05, 0) is 63.1 Å². The van der Waals surface area contributed by atoms with Crippen molar-refractivity contribution in [2.24, 2.45) is 4.99 Å². The molecular weight excluding hydrogens is 486 g/mol. The van der Waals surface area contributed by atoms with Crippen molar-refractivity contribution >= 4 is 46.1 Å². The third kappa shape index (κ3) is 8.18. The summed E-state index contributed by atoms with van der Waals surface area (Å²) in [5.41, 5.74) is 3.89. The Kier molecular flexibility index (Phi) is 10.7. The summed E-state index contributed by atoms with van der Waals surface area (Å²) in [6.45, 7) is 8.77. The van der Waals surface area contributed by atoms with Crippen molar-refractivity contribution < 1.29 is 19.1 Å². The van der Waals surface area contributed by atoms with E-state index in [1.165, 1.54) is 18.2 Å². The number of rotatable bonds is 11. The van der Waals surface area contributed by atoms with Crippen molar-refractivity contribution in [1.82, 2.24) is 4.90 Å². The van der Waals surface area contributed by atoms with Crippen molar-refractivity contribution in [3.8, 4) is 0 Å². The molecule has 2 aromatic rings. The second-order valence-corrected chi connectivity index (χ2v) is 10.4. The van der Waals surface area contributed by atoms with E-state index in [0.29, 0.717) is 29.6 Å². The van der Waals surface area contributed by atoms with Crippen LogP contribution in [0.1, 0.15) is 73.9 Å². The van der Waals surface area contributed by atoms with Crippen LogP contribution in [0.2, 0.25) is 0 Å². The molecule has 7 nitrogen and oxygen atoms in total. The van der Waals surface area contributed by atoms with Crippen LogP contribution in [-0.2, 0) is 14.3 Å². The topological polar surface area (TPSA) is 88.1 Å². The molecule has 0 spiro atoms. The molecule has 0 saturated carbocycles.